The molecular formula is C18H22N2O3. The standard InChI is InChI=1S/C18H22N2O3/c1-4-9-23-16-8-6-5-7-15(16)17(22)20-19-13-10-14(21)12-18(2,3)11-13/h4-8H,1,9-12H2,2-3H3,(H,20,22)/b19-13+. The highest BCUT2D eigenvalue weighted by Crippen LogP contribution is 2.31. The third-order valence-electron chi connectivity index (χ3n) is 3.56. The number of hydrogen-bond acceptors (Lipinski definition) is 4. The average molecular weight is 314 g/mol. The predicted molar refractivity (Wildman–Crippen MR) is 89.7 cm³/mol. The zero-order valence-corrected chi connectivity index (χ0v) is 13.6. The van der Waals surface area contributed by atoms with E-state index in [0.29, 0.717) is 42.9 Å². The molecule has 23 heavy (non-hydrogen) atoms. The molecule has 5 nitrogen and oxygen atoms in total. The highest BCUT2D eigenvalue weighted by molar-refractivity contribution is 6.05. The van der Waals surface area contributed by atoms with Crippen LogP contribution < -0.4 is 10.2 Å². The van der Waals surface area contributed by atoms with Gasteiger partial charge in [-0.3, -0.25) is 9.59 Å². The molecule has 1 aromatic rings. The summed E-state index contributed by atoms with van der Waals surface area (Å²) in [6.07, 6.45) is 3.18. The van der Waals surface area contributed by atoms with Gasteiger partial charge in [0.2, 0.25) is 0 Å². The van der Waals surface area contributed by atoms with Crippen LogP contribution >= 0.6 is 0 Å². The molecule has 1 aromatic carbocycles. The Hall–Kier alpha value is -2.43. The summed E-state index contributed by atoms with van der Waals surface area (Å²) in [6.45, 7) is 7.97. The summed E-state index contributed by atoms with van der Waals surface area (Å²) in [5.74, 6) is 0.280. The van der Waals surface area contributed by atoms with E-state index in [-0.39, 0.29) is 17.1 Å². The van der Waals surface area contributed by atoms with Crippen molar-refractivity contribution in [3.8, 4) is 5.75 Å². The predicted octanol–water partition coefficient (Wildman–Crippen LogP) is 3.12. The van der Waals surface area contributed by atoms with Crippen LogP contribution in [-0.2, 0) is 4.79 Å². The molecule has 0 unspecified atom stereocenters. The zero-order valence-electron chi connectivity index (χ0n) is 13.6. The van der Waals surface area contributed by atoms with Crippen molar-refractivity contribution >= 4 is 17.4 Å². The molecule has 1 aliphatic carbocycles. The molecule has 0 aliphatic heterocycles. The number of hydrazone groups is 1. The largest absolute Gasteiger partial charge is 0.489 e. The Morgan fingerprint density at radius 2 is 2.13 bits per heavy atom. The molecule has 0 saturated heterocycles. The number of Topliss-reactive ketones (excluding diaryl/α,β-unsaturated/α-hetero) is 1. The van der Waals surface area contributed by atoms with E-state index in [2.05, 4.69) is 17.1 Å². The lowest BCUT2D eigenvalue weighted by Crippen LogP contribution is -2.31. The number of hydrogen-bond donors (Lipinski definition) is 1. The van der Waals surface area contributed by atoms with Crippen molar-refractivity contribution in [2.45, 2.75) is 33.1 Å². The van der Waals surface area contributed by atoms with E-state index >= 15 is 0 Å². The topological polar surface area (TPSA) is 67.8 Å². The number of amides is 1. The number of benzene rings is 1. The molecule has 2 rings (SSSR count). The van der Waals surface area contributed by atoms with E-state index < -0.39 is 0 Å². The Labute approximate surface area is 136 Å². The van der Waals surface area contributed by atoms with Gasteiger partial charge in [0.15, 0.2) is 0 Å². The van der Waals surface area contributed by atoms with Gasteiger partial charge in [-0.25, -0.2) is 5.43 Å². The van der Waals surface area contributed by atoms with E-state index in [9.17, 15) is 9.59 Å². The molecule has 0 bridgehead atoms. The van der Waals surface area contributed by atoms with Crippen LogP contribution in [0.15, 0.2) is 42.0 Å². The van der Waals surface area contributed by atoms with Gasteiger partial charge in [0.25, 0.3) is 5.91 Å². The van der Waals surface area contributed by atoms with Crippen LogP contribution in [0.3, 0.4) is 0 Å². The quantitative estimate of drug-likeness (QED) is 0.670. The normalized spacial score (nSPS) is 18.5. The van der Waals surface area contributed by atoms with Crippen molar-refractivity contribution in [3.05, 3.63) is 42.5 Å². The molecule has 122 valence electrons. The molecule has 0 radical (unpaired) electrons. The van der Waals surface area contributed by atoms with E-state index in [1.54, 1.807) is 30.3 Å². The molecule has 1 fully saturated rings. The van der Waals surface area contributed by atoms with Gasteiger partial charge < -0.3 is 4.74 Å². The van der Waals surface area contributed by atoms with Crippen LogP contribution in [-0.4, -0.2) is 24.0 Å². The van der Waals surface area contributed by atoms with Crippen molar-refractivity contribution in [2.24, 2.45) is 10.5 Å². The molecule has 5 heteroatoms. The zero-order chi connectivity index (χ0) is 16.9. The van der Waals surface area contributed by atoms with Crippen LogP contribution in [0.2, 0.25) is 0 Å². The first-order valence-corrected chi connectivity index (χ1v) is 7.61. The first-order valence-electron chi connectivity index (χ1n) is 7.61. The van der Waals surface area contributed by atoms with E-state index in [0.717, 1.165) is 0 Å². The van der Waals surface area contributed by atoms with Gasteiger partial charge >= 0.3 is 0 Å². The molecule has 1 amide bonds. The monoisotopic (exact) mass is 314 g/mol. The number of ether oxygens (including phenoxy) is 1. The molecule has 0 heterocycles. The number of nitrogens with one attached hydrogen (secondary N) is 1. The molecule has 0 spiro atoms. The molecule has 1 N–H and O–H groups in total. The van der Waals surface area contributed by atoms with Gasteiger partial charge in [0.05, 0.1) is 5.56 Å². The lowest BCUT2D eigenvalue weighted by atomic mass is 9.76. The summed E-state index contributed by atoms with van der Waals surface area (Å²) in [5, 5.41) is 4.15. The van der Waals surface area contributed by atoms with Crippen molar-refractivity contribution in [3.63, 3.8) is 0 Å². The Morgan fingerprint density at radius 1 is 1.39 bits per heavy atom. The summed E-state index contributed by atoms with van der Waals surface area (Å²) in [6, 6.07) is 6.95. The van der Waals surface area contributed by atoms with Crippen LogP contribution in [0.5, 0.6) is 5.75 Å². The molecule has 1 aliphatic rings. The van der Waals surface area contributed by atoms with Crippen molar-refractivity contribution < 1.29 is 14.3 Å². The second-order valence-corrected chi connectivity index (χ2v) is 6.45. The lowest BCUT2D eigenvalue weighted by Gasteiger charge is -2.29. The Kier molecular flexibility index (Phi) is 5.32. The van der Waals surface area contributed by atoms with Gasteiger partial charge in [0, 0.05) is 18.6 Å². The van der Waals surface area contributed by atoms with Crippen LogP contribution in [0.4, 0.5) is 0 Å². The van der Waals surface area contributed by atoms with Gasteiger partial charge in [-0.15, -0.1) is 0 Å². The minimum Gasteiger partial charge on any atom is -0.489 e. The maximum atomic E-state index is 12.3. The Balaban J connectivity index is 2.09. The number of para-hydroxylation sites is 1. The summed E-state index contributed by atoms with van der Waals surface area (Å²) in [7, 11) is 0. The van der Waals surface area contributed by atoms with E-state index in [4.69, 9.17) is 4.74 Å². The van der Waals surface area contributed by atoms with Gasteiger partial charge in [-0.05, 0) is 24.0 Å². The first kappa shape index (κ1) is 16.9. The third kappa shape index (κ3) is 4.77. The van der Waals surface area contributed by atoms with Gasteiger partial charge in [-0.2, -0.15) is 5.10 Å². The lowest BCUT2D eigenvalue weighted by molar-refractivity contribution is -0.120. The SMILES string of the molecule is C=CCOc1ccccc1C(=O)N/N=C1\CC(=O)CC(C)(C)C1. The fourth-order valence-electron chi connectivity index (χ4n) is 2.70. The number of carbonyl (C=O) groups is 2. The highest BCUT2D eigenvalue weighted by Gasteiger charge is 2.30. The van der Waals surface area contributed by atoms with Gasteiger partial charge in [-0.1, -0.05) is 38.6 Å². The number of nitrogens with zero attached hydrogens (tertiary/aromatic N) is 1. The summed E-state index contributed by atoms with van der Waals surface area (Å²) >= 11 is 0. The van der Waals surface area contributed by atoms with Crippen LogP contribution in [0, 0.1) is 5.41 Å². The van der Waals surface area contributed by atoms with Crippen molar-refractivity contribution in [1.82, 2.24) is 5.43 Å². The summed E-state index contributed by atoms with van der Waals surface area (Å²) in [4.78, 5) is 24.1. The fraction of sp³-hybridized carbons (Fsp3) is 0.389. The minimum absolute atomic E-state index is 0.107. The maximum absolute atomic E-state index is 12.3. The molecule has 1 saturated carbocycles. The molecule has 0 aromatic heterocycles. The van der Waals surface area contributed by atoms with Crippen LogP contribution in [0.1, 0.15) is 43.5 Å². The first-order chi connectivity index (χ1) is 10.9. The van der Waals surface area contributed by atoms with E-state index in [1.165, 1.54) is 0 Å². The second kappa shape index (κ2) is 7.22. The summed E-state index contributed by atoms with van der Waals surface area (Å²) in [5.41, 5.74) is 3.54. The Morgan fingerprint density at radius 3 is 2.83 bits per heavy atom. The smallest absolute Gasteiger partial charge is 0.275 e. The van der Waals surface area contributed by atoms with Crippen LogP contribution in [0.25, 0.3) is 0 Å². The number of carbonyl (C=O) groups excluding carboxylic acids is 2. The van der Waals surface area contributed by atoms with Crippen molar-refractivity contribution in [1.29, 1.82) is 0 Å². The third-order valence-corrected chi connectivity index (χ3v) is 3.56. The maximum Gasteiger partial charge on any atom is 0.275 e. The van der Waals surface area contributed by atoms with Crippen molar-refractivity contribution in [2.75, 3.05) is 6.61 Å². The minimum atomic E-state index is -0.354. The fourth-order valence-corrected chi connectivity index (χ4v) is 2.70. The Bertz CT molecular complexity index is 647. The highest BCUT2D eigenvalue weighted by atomic mass is 16.5. The second-order valence-electron chi connectivity index (χ2n) is 6.45. The number of rotatable bonds is 5. The van der Waals surface area contributed by atoms with Gasteiger partial charge in [0.1, 0.15) is 18.1 Å². The number of ketones is 1. The summed E-state index contributed by atoms with van der Waals surface area (Å²) < 4.78 is 5.47. The molecule has 0 atom stereocenters. The van der Waals surface area contributed by atoms with E-state index in [1.807, 2.05) is 13.8 Å². The molecular weight excluding hydrogens is 292 g/mol. The average Bonchev–Trinajstić information content (AvgIpc) is 2.49.